The maximum absolute atomic E-state index is 5.67. The second-order valence-corrected chi connectivity index (χ2v) is 4.36. The average Bonchev–Trinajstić information content (AvgIpc) is 1.85. The average molecular weight is 174 g/mol. The fourth-order valence-electron chi connectivity index (χ4n) is 1.50. The second kappa shape index (κ2) is 4.33. The Morgan fingerprint density at radius 2 is 2.27 bits per heavy atom. The summed E-state index contributed by atoms with van der Waals surface area (Å²) in [5, 5.41) is 3.55. The molecule has 0 bridgehead atoms. The minimum Gasteiger partial charge on any atom is -0.328 e. The van der Waals surface area contributed by atoms with Crippen LogP contribution < -0.4 is 11.1 Å². The van der Waals surface area contributed by atoms with Gasteiger partial charge >= 0.3 is 0 Å². The van der Waals surface area contributed by atoms with Gasteiger partial charge in [0.1, 0.15) is 0 Å². The van der Waals surface area contributed by atoms with Crippen LogP contribution in [0, 0.1) is 0 Å². The molecule has 11 heavy (non-hydrogen) atoms. The minimum absolute atomic E-state index is 0.467. The van der Waals surface area contributed by atoms with Gasteiger partial charge in [0.25, 0.3) is 0 Å². The third kappa shape index (κ3) is 3.01. The van der Waals surface area contributed by atoms with E-state index >= 15 is 0 Å². The van der Waals surface area contributed by atoms with Gasteiger partial charge in [-0.3, -0.25) is 0 Å². The van der Waals surface area contributed by atoms with Crippen LogP contribution in [0.5, 0.6) is 0 Å². The molecule has 1 fully saturated rings. The normalized spacial score (nSPS) is 33.0. The highest BCUT2D eigenvalue weighted by Crippen LogP contribution is 2.18. The molecular formula is C8H18N2S. The molecule has 0 heterocycles. The smallest absolute Gasteiger partial charge is 0.0132 e. The van der Waals surface area contributed by atoms with Gasteiger partial charge in [-0.25, -0.2) is 0 Å². The quantitative estimate of drug-likeness (QED) is 0.662. The van der Waals surface area contributed by atoms with Gasteiger partial charge < -0.3 is 11.1 Å². The molecule has 3 heteroatoms. The summed E-state index contributed by atoms with van der Waals surface area (Å²) in [5.74, 6) is 1.20. The third-order valence-electron chi connectivity index (χ3n) is 2.11. The highest BCUT2D eigenvalue weighted by molar-refractivity contribution is 7.98. The zero-order valence-corrected chi connectivity index (χ0v) is 8.16. The van der Waals surface area contributed by atoms with E-state index in [-0.39, 0.29) is 0 Å². The van der Waals surface area contributed by atoms with Crippen LogP contribution in [-0.2, 0) is 0 Å². The van der Waals surface area contributed by atoms with E-state index in [1.54, 1.807) is 0 Å². The van der Waals surface area contributed by atoms with Gasteiger partial charge in [-0.2, -0.15) is 11.8 Å². The molecule has 66 valence electrons. The number of nitrogens with one attached hydrogen (secondary N) is 1. The van der Waals surface area contributed by atoms with Crippen LogP contribution in [-0.4, -0.2) is 30.1 Å². The molecule has 1 aliphatic carbocycles. The molecule has 1 unspecified atom stereocenters. The van der Waals surface area contributed by atoms with Crippen molar-refractivity contribution in [1.82, 2.24) is 5.32 Å². The maximum Gasteiger partial charge on any atom is 0.0132 e. The third-order valence-corrected chi connectivity index (χ3v) is 2.94. The fraction of sp³-hybridized carbons (Fsp3) is 1.00. The van der Waals surface area contributed by atoms with Crippen molar-refractivity contribution in [2.75, 3.05) is 12.0 Å². The predicted octanol–water partition coefficient (Wildman–Crippen LogP) is 0.817. The first-order valence-corrected chi connectivity index (χ1v) is 5.62. The van der Waals surface area contributed by atoms with Crippen LogP contribution in [0.3, 0.4) is 0 Å². The van der Waals surface area contributed by atoms with Crippen LogP contribution in [0.4, 0.5) is 0 Å². The molecule has 0 spiro atoms. The lowest BCUT2D eigenvalue weighted by molar-refractivity contribution is 0.277. The van der Waals surface area contributed by atoms with E-state index in [2.05, 4.69) is 18.5 Å². The topological polar surface area (TPSA) is 38.0 Å². The number of thioether (sulfide) groups is 1. The van der Waals surface area contributed by atoms with E-state index < -0.39 is 0 Å². The van der Waals surface area contributed by atoms with Gasteiger partial charge in [-0.1, -0.05) is 0 Å². The summed E-state index contributed by atoms with van der Waals surface area (Å²) < 4.78 is 0. The SMILES string of the molecule is CSCC(C)NC1CC(N)C1. The summed E-state index contributed by atoms with van der Waals surface area (Å²) in [5.41, 5.74) is 5.67. The Labute approximate surface area is 73.3 Å². The molecule has 0 aliphatic heterocycles. The number of hydrogen-bond donors (Lipinski definition) is 2. The van der Waals surface area contributed by atoms with E-state index in [1.165, 1.54) is 18.6 Å². The first-order chi connectivity index (χ1) is 5.22. The van der Waals surface area contributed by atoms with Gasteiger partial charge in [0.2, 0.25) is 0 Å². The Hall–Kier alpha value is 0.270. The number of hydrogen-bond acceptors (Lipinski definition) is 3. The van der Waals surface area contributed by atoms with Crippen LogP contribution in [0.25, 0.3) is 0 Å². The molecule has 0 aromatic carbocycles. The number of rotatable bonds is 4. The van der Waals surface area contributed by atoms with Crippen LogP contribution >= 0.6 is 11.8 Å². The van der Waals surface area contributed by atoms with Gasteiger partial charge in [0.05, 0.1) is 0 Å². The standard InChI is InChI=1S/C8H18N2S/c1-6(5-11-2)10-8-3-7(9)4-8/h6-8,10H,3-5,9H2,1-2H3. The Morgan fingerprint density at radius 1 is 1.64 bits per heavy atom. The van der Waals surface area contributed by atoms with Gasteiger partial charge in [0, 0.05) is 23.9 Å². The summed E-state index contributed by atoms with van der Waals surface area (Å²) in [4.78, 5) is 0. The zero-order valence-electron chi connectivity index (χ0n) is 7.34. The van der Waals surface area contributed by atoms with Crippen molar-refractivity contribution in [3.05, 3.63) is 0 Å². The summed E-state index contributed by atoms with van der Waals surface area (Å²) >= 11 is 1.89. The van der Waals surface area contributed by atoms with Gasteiger partial charge in [-0.15, -0.1) is 0 Å². The minimum atomic E-state index is 0.467. The van der Waals surface area contributed by atoms with Crippen molar-refractivity contribution in [3.8, 4) is 0 Å². The molecule has 1 atom stereocenters. The highest BCUT2D eigenvalue weighted by atomic mass is 32.2. The monoisotopic (exact) mass is 174 g/mol. The first-order valence-electron chi connectivity index (χ1n) is 4.23. The van der Waals surface area contributed by atoms with Crippen molar-refractivity contribution >= 4 is 11.8 Å². The van der Waals surface area contributed by atoms with Crippen molar-refractivity contribution in [2.45, 2.75) is 37.9 Å². The summed E-state index contributed by atoms with van der Waals surface area (Å²) in [6.45, 7) is 2.24. The zero-order chi connectivity index (χ0) is 8.27. The molecule has 3 N–H and O–H groups in total. The molecule has 1 rings (SSSR count). The predicted molar refractivity (Wildman–Crippen MR) is 52.0 cm³/mol. The summed E-state index contributed by atoms with van der Waals surface area (Å²) in [7, 11) is 0. The summed E-state index contributed by atoms with van der Waals surface area (Å²) in [6.07, 6.45) is 4.47. The largest absolute Gasteiger partial charge is 0.328 e. The molecule has 0 aromatic heterocycles. The Bertz CT molecular complexity index is 110. The van der Waals surface area contributed by atoms with Crippen LogP contribution in [0.15, 0.2) is 0 Å². The first kappa shape index (κ1) is 9.36. The van der Waals surface area contributed by atoms with Gasteiger partial charge in [-0.05, 0) is 26.0 Å². The lowest BCUT2D eigenvalue weighted by Crippen LogP contribution is -2.51. The van der Waals surface area contributed by atoms with Crippen molar-refractivity contribution in [3.63, 3.8) is 0 Å². The highest BCUT2D eigenvalue weighted by Gasteiger charge is 2.26. The molecular weight excluding hydrogens is 156 g/mol. The Kier molecular flexibility index (Phi) is 3.69. The van der Waals surface area contributed by atoms with Crippen molar-refractivity contribution in [1.29, 1.82) is 0 Å². The van der Waals surface area contributed by atoms with E-state index in [1.807, 2.05) is 11.8 Å². The molecule has 2 nitrogen and oxygen atoms in total. The van der Waals surface area contributed by atoms with Gasteiger partial charge in [0.15, 0.2) is 0 Å². The van der Waals surface area contributed by atoms with E-state index in [0.717, 1.165) is 0 Å². The molecule has 0 saturated heterocycles. The molecule has 0 radical (unpaired) electrons. The maximum atomic E-state index is 5.67. The second-order valence-electron chi connectivity index (χ2n) is 3.45. The van der Waals surface area contributed by atoms with Crippen LogP contribution in [0.1, 0.15) is 19.8 Å². The summed E-state index contributed by atoms with van der Waals surface area (Å²) in [6, 6.07) is 1.81. The lowest BCUT2D eigenvalue weighted by Gasteiger charge is -2.35. The molecule has 1 aliphatic rings. The van der Waals surface area contributed by atoms with Crippen molar-refractivity contribution < 1.29 is 0 Å². The van der Waals surface area contributed by atoms with E-state index in [0.29, 0.717) is 18.1 Å². The Balaban J connectivity index is 2.02. The van der Waals surface area contributed by atoms with E-state index in [9.17, 15) is 0 Å². The number of nitrogens with two attached hydrogens (primary N) is 1. The van der Waals surface area contributed by atoms with Crippen molar-refractivity contribution in [2.24, 2.45) is 5.73 Å². The molecule has 0 aromatic rings. The lowest BCUT2D eigenvalue weighted by atomic mass is 9.87. The molecule has 1 saturated carbocycles. The fourth-order valence-corrected chi connectivity index (χ4v) is 2.09. The molecule has 0 amide bonds. The van der Waals surface area contributed by atoms with Crippen LogP contribution in [0.2, 0.25) is 0 Å². The van der Waals surface area contributed by atoms with E-state index in [4.69, 9.17) is 5.73 Å². The Morgan fingerprint density at radius 3 is 2.73 bits per heavy atom.